The molecule has 0 spiro atoms. The van der Waals surface area contributed by atoms with E-state index in [-0.39, 0.29) is 5.82 Å². The van der Waals surface area contributed by atoms with Crippen LogP contribution in [0.2, 0.25) is 0 Å². The van der Waals surface area contributed by atoms with Gasteiger partial charge in [0.05, 0.1) is 5.69 Å². The van der Waals surface area contributed by atoms with Gasteiger partial charge in [0.25, 0.3) is 10.2 Å². The summed E-state index contributed by atoms with van der Waals surface area (Å²) < 4.78 is 42.0. The van der Waals surface area contributed by atoms with Crippen LogP contribution in [-0.2, 0) is 10.2 Å². The SMILES string of the molecule is CN1CCN(S(=O)(=O)N2CCN(c3nc(-c4ccc(F)cc4)cs3)CC2)CC1. The smallest absolute Gasteiger partial charge is 0.282 e. The molecule has 10 heteroatoms. The number of thiazole rings is 1. The monoisotopic (exact) mass is 425 g/mol. The van der Waals surface area contributed by atoms with Gasteiger partial charge in [-0.05, 0) is 31.3 Å². The van der Waals surface area contributed by atoms with E-state index >= 15 is 0 Å². The van der Waals surface area contributed by atoms with Crippen molar-refractivity contribution in [1.82, 2.24) is 18.5 Å². The molecule has 2 aromatic rings. The van der Waals surface area contributed by atoms with Gasteiger partial charge in [-0.1, -0.05) is 0 Å². The lowest BCUT2D eigenvalue weighted by Gasteiger charge is -2.39. The first-order chi connectivity index (χ1) is 13.4. The Balaban J connectivity index is 1.38. The van der Waals surface area contributed by atoms with E-state index in [9.17, 15) is 12.8 Å². The molecular weight excluding hydrogens is 401 g/mol. The van der Waals surface area contributed by atoms with E-state index in [1.807, 2.05) is 12.4 Å². The Hall–Kier alpha value is -1.59. The van der Waals surface area contributed by atoms with Crippen LogP contribution < -0.4 is 4.90 Å². The van der Waals surface area contributed by atoms with Crippen molar-refractivity contribution in [1.29, 1.82) is 0 Å². The van der Waals surface area contributed by atoms with Gasteiger partial charge in [0.2, 0.25) is 0 Å². The molecular formula is C18H24FN5O2S2. The molecule has 0 N–H and O–H groups in total. The summed E-state index contributed by atoms with van der Waals surface area (Å²) in [6, 6.07) is 6.29. The summed E-state index contributed by atoms with van der Waals surface area (Å²) in [4.78, 5) is 8.92. The standard InChI is InChI=1S/C18H24FN5O2S2/c1-21-6-10-23(11-7-21)28(25,26)24-12-8-22(9-13-24)18-20-17(14-27-18)15-2-4-16(19)5-3-15/h2-5,14H,6-13H2,1H3. The molecule has 152 valence electrons. The van der Waals surface area contributed by atoms with Crippen LogP contribution in [0.5, 0.6) is 0 Å². The van der Waals surface area contributed by atoms with Gasteiger partial charge in [-0.2, -0.15) is 17.0 Å². The van der Waals surface area contributed by atoms with E-state index in [4.69, 9.17) is 0 Å². The molecule has 0 radical (unpaired) electrons. The van der Waals surface area contributed by atoms with Crippen LogP contribution in [0.3, 0.4) is 0 Å². The highest BCUT2D eigenvalue weighted by atomic mass is 32.2. The van der Waals surface area contributed by atoms with Gasteiger partial charge in [-0.15, -0.1) is 11.3 Å². The quantitative estimate of drug-likeness (QED) is 0.744. The lowest BCUT2D eigenvalue weighted by molar-refractivity contribution is 0.210. The second kappa shape index (κ2) is 8.03. The van der Waals surface area contributed by atoms with Crippen molar-refractivity contribution in [2.24, 2.45) is 0 Å². The first-order valence-corrected chi connectivity index (χ1v) is 11.6. The summed E-state index contributed by atoms with van der Waals surface area (Å²) in [6.07, 6.45) is 0. The molecule has 2 saturated heterocycles. The molecule has 0 bridgehead atoms. The zero-order valence-corrected chi connectivity index (χ0v) is 17.4. The summed E-state index contributed by atoms with van der Waals surface area (Å²) in [5.74, 6) is -0.267. The number of halogens is 1. The van der Waals surface area contributed by atoms with Gasteiger partial charge in [0, 0.05) is 63.3 Å². The van der Waals surface area contributed by atoms with Gasteiger partial charge in [-0.25, -0.2) is 9.37 Å². The molecule has 1 aromatic carbocycles. The van der Waals surface area contributed by atoms with Gasteiger partial charge in [0.15, 0.2) is 5.13 Å². The summed E-state index contributed by atoms with van der Waals surface area (Å²) >= 11 is 1.53. The molecule has 3 heterocycles. The minimum atomic E-state index is -3.40. The van der Waals surface area contributed by atoms with Gasteiger partial charge in [-0.3, -0.25) is 0 Å². The maximum Gasteiger partial charge on any atom is 0.282 e. The molecule has 2 aliphatic rings. The lowest BCUT2D eigenvalue weighted by atomic mass is 10.2. The van der Waals surface area contributed by atoms with E-state index in [1.165, 1.54) is 23.5 Å². The number of piperazine rings is 2. The molecule has 2 fully saturated rings. The highest BCUT2D eigenvalue weighted by molar-refractivity contribution is 7.86. The maximum absolute atomic E-state index is 13.1. The van der Waals surface area contributed by atoms with Crippen LogP contribution in [-0.4, -0.2) is 86.3 Å². The molecule has 0 unspecified atom stereocenters. The van der Waals surface area contributed by atoms with Crippen molar-refractivity contribution in [3.05, 3.63) is 35.5 Å². The van der Waals surface area contributed by atoms with Crippen molar-refractivity contribution < 1.29 is 12.8 Å². The average molecular weight is 426 g/mol. The fraction of sp³-hybridized carbons (Fsp3) is 0.500. The fourth-order valence-corrected chi connectivity index (χ4v) is 5.92. The molecule has 28 heavy (non-hydrogen) atoms. The molecule has 0 aliphatic carbocycles. The molecule has 4 rings (SSSR count). The fourth-order valence-electron chi connectivity index (χ4n) is 3.45. The van der Waals surface area contributed by atoms with Crippen LogP contribution in [0.1, 0.15) is 0 Å². The van der Waals surface area contributed by atoms with Crippen molar-refractivity contribution in [2.45, 2.75) is 0 Å². The summed E-state index contributed by atoms with van der Waals surface area (Å²) in [5.41, 5.74) is 1.69. The number of benzene rings is 1. The molecule has 0 atom stereocenters. The third-order valence-electron chi connectivity index (χ3n) is 5.26. The van der Waals surface area contributed by atoms with Crippen molar-refractivity contribution in [3.63, 3.8) is 0 Å². The van der Waals surface area contributed by atoms with Crippen molar-refractivity contribution in [3.8, 4) is 11.3 Å². The van der Waals surface area contributed by atoms with Crippen LogP contribution in [0.25, 0.3) is 11.3 Å². The maximum atomic E-state index is 13.1. The van der Waals surface area contributed by atoms with Crippen molar-refractivity contribution >= 4 is 26.7 Å². The Kier molecular flexibility index (Phi) is 5.66. The Labute approximate surface area is 169 Å². The Bertz CT molecular complexity index is 902. The van der Waals surface area contributed by atoms with E-state index in [1.54, 1.807) is 20.7 Å². The van der Waals surface area contributed by atoms with Gasteiger partial charge >= 0.3 is 0 Å². The third kappa shape index (κ3) is 4.06. The number of nitrogens with zero attached hydrogens (tertiary/aromatic N) is 5. The normalized spacial score (nSPS) is 20.6. The minimum absolute atomic E-state index is 0.267. The largest absolute Gasteiger partial charge is 0.345 e. The summed E-state index contributed by atoms with van der Waals surface area (Å²) in [5, 5.41) is 2.83. The number of likely N-dealkylation sites (N-methyl/N-ethyl adjacent to an activating group) is 1. The van der Waals surface area contributed by atoms with Crippen LogP contribution in [0.15, 0.2) is 29.6 Å². The zero-order chi connectivity index (χ0) is 19.7. The van der Waals surface area contributed by atoms with Crippen LogP contribution in [0, 0.1) is 5.82 Å². The van der Waals surface area contributed by atoms with Gasteiger partial charge < -0.3 is 9.80 Å². The summed E-state index contributed by atoms with van der Waals surface area (Å²) in [6.45, 7) is 4.78. The van der Waals surface area contributed by atoms with Crippen molar-refractivity contribution in [2.75, 3.05) is 64.3 Å². The van der Waals surface area contributed by atoms with E-state index in [0.717, 1.165) is 29.5 Å². The van der Waals surface area contributed by atoms with E-state index in [0.29, 0.717) is 39.3 Å². The highest BCUT2D eigenvalue weighted by Gasteiger charge is 2.34. The minimum Gasteiger partial charge on any atom is -0.345 e. The molecule has 1 aromatic heterocycles. The number of rotatable bonds is 4. The third-order valence-corrected chi connectivity index (χ3v) is 8.19. The summed E-state index contributed by atoms with van der Waals surface area (Å²) in [7, 11) is -1.38. The Morgan fingerprint density at radius 2 is 1.50 bits per heavy atom. The topological polar surface area (TPSA) is 60.0 Å². The van der Waals surface area contributed by atoms with E-state index < -0.39 is 10.2 Å². The number of hydrogen-bond donors (Lipinski definition) is 0. The predicted molar refractivity (Wildman–Crippen MR) is 109 cm³/mol. The zero-order valence-electron chi connectivity index (χ0n) is 15.8. The second-order valence-corrected chi connectivity index (χ2v) is 9.88. The number of hydrogen-bond acceptors (Lipinski definition) is 6. The second-order valence-electron chi connectivity index (χ2n) is 7.12. The molecule has 0 amide bonds. The lowest BCUT2D eigenvalue weighted by Crippen LogP contribution is -2.56. The first kappa shape index (κ1) is 19.7. The molecule has 0 saturated carbocycles. The predicted octanol–water partition coefficient (Wildman–Crippen LogP) is 1.56. The first-order valence-electron chi connectivity index (χ1n) is 9.34. The Morgan fingerprint density at radius 3 is 2.11 bits per heavy atom. The van der Waals surface area contributed by atoms with E-state index in [2.05, 4.69) is 14.8 Å². The number of anilines is 1. The highest BCUT2D eigenvalue weighted by Crippen LogP contribution is 2.28. The number of aromatic nitrogens is 1. The molecule has 7 nitrogen and oxygen atoms in total. The van der Waals surface area contributed by atoms with Crippen LogP contribution >= 0.6 is 11.3 Å². The van der Waals surface area contributed by atoms with Gasteiger partial charge in [0.1, 0.15) is 5.82 Å². The Morgan fingerprint density at radius 1 is 0.929 bits per heavy atom. The molecule has 2 aliphatic heterocycles. The van der Waals surface area contributed by atoms with Crippen LogP contribution in [0.4, 0.5) is 9.52 Å². The average Bonchev–Trinajstić information content (AvgIpc) is 3.19.